The largest absolute Gasteiger partial charge is 0.431 e. The van der Waals surface area contributed by atoms with E-state index in [4.69, 9.17) is 4.52 Å². The van der Waals surface area contributed by atoms with Gasteiger partial charge in [-0.2, -0.15) is 0 Å². The van der Waals surface area contributed by atoms with Crippen LogP contribution in [0.25, 0.3) is 5.69 Å². The number of aromatic amines is 1. The molecule has 0 amide bonds. The molecule has 0 saturated carbocycles. The number of para-hydroxylation sites is 1. The van der Waals surface area contributed by atoms with E-state index in [-0.39, 0.29) is 5.63 Å². The van der Waals surface area contributed by atoms with Crippen LogP contribution in [0.2, 0.25) is 0 Å². The topological polar surface area (TPSA) is 61.9 Å². The third-order valence-electron chi connectivity index (χ3n) is 3.49. The lowest BCUT2D eigenvalue weighted by atomic mass is 10.1. The predicted molar refractivity (Wildman–Crippen MR) is 82.6 cm³/mol. The lowest BCUT2D eigenvalue weighted by molar-refractivity contribution is -0.677. The fraction of sp³-hybridized carbons (Fsp3) is 0.176. The maximum absolute atomic E-state index is 11.8. The Bertz CT molecular complexity index is 789. The third kappa shape index (κ3) is 3.15. The predicted octanol–water partition coefficient (Wildman–Crippen LogP) is 1.84. The van der Waals surface area contributed by atoms with Crippen molar-refractivity contribution in [3.05, 3.63) is 81.8 Å². The molecule has 0 unspecified atom stereocenters. The average molecular weight is 296 g/mol. The molecule has 0 saturated heterocycles. The quantitative estimate of drug-likeness (QED) is 0.706. The summed E-state index contributed by atoms with van der Waals surface area (Å²) < 4.78 is 6.57. The Morgan fingerprint density at radius 2 is 1.77 bits per heavy atom. The van der Waals surface area contributed by atoms with Gasteiger partial charge in [0.05, 0.1) is 6.54 Å². The SMILES string of the molecule is Cc1ccc(CNCc2c(=O)o[nH][n+]2-c2ccccc2)cc1. The summed E-state index contributed by atoms with van der Waals surface area (Å²) in [7, 11) is 0. The molecule has 22 heavy (non-hydrogen) atoms. The van der Waals surface area contributed by atoms with Crippen molar-refractivity contribution in [1.29, 1.82) is 0 Å². The summed E-state index contributed by atoms with van der Waals surface area (Å²) in [6.07, 6.45) is 0. The fourth-order valence-electron chi connectivity index (χ4n) is 2.26. The molecule has 112 valence electrons. The molecule has 5 nitrogen and oxygen atoms in total. The number of hydrogen-bond acceptors (Lipinski definition) is 3. The van der Waals surface area contributed by atoms with Gasteiger partial charge in [0.25, 0.3) is 0 Å². The maximum atomic E-state index is 11.8. The van der Waals surface area contributed by atoms with Crippen LogP contribution in [-0.2, 0) is 13.1 Å². The van der Waals surface area contributed by atoms with Crippen LogP contribution in [0.1, 0.15) is 16.8 Å². The number of aryl methyl sites for hydroxylation is 1. The van der Waals surface area contributed by atoms with Crippen molar-refractivity contribution in [2.75, 3.05) is 0 Å². The zero-order chi connectivity index (χ0) is 15.4. The first-order chi connectivity index (χ1) is 10.7. The van der Waals surface area contributed by atoms with E-state index >= 15 is 0 Å². The molecule has 0 spiro atoms. The molecular formula is C17H18N3O2+. The maximum Gasteiger partial charge on any atom is 0.431 e. The summed E-state index contributed by atoms with van der Waals surface area (Å²) in [6, 6.07) is 17.9. The second-order valence-corrected chi connectivity index (χ2v) is 5.19. The molecule has 0 bridgehead atoms. The number of H-pyrrole nitrogens is 1. The Balaban J connectivity index is 1.72. The highest BCUT2D eigenvalue weighted by molar-refractivity contribution is 5.22. The monoisotopic (exact) mass is 296 g/mol. The van der Waals surface area contributed by atoms with Crippen molar-refractivity contribution in [1.82, 2.24) is 10.6 Å². The summed E-state index contributed by atoms with van der Waals surface area (Å²) >= 11 is 0. The van der Waals surface area contributed by atoms with Gasteiger partial charge in [-0.05, 0) is 22.4 Å². The third-order valence-corrected chi connectivity index (χ3v) is 3.49. The Morgan fingerprint density at radius 3 is 2.50 bits per heavy atom. The van der Waals surface area contributed by atoms with Gasteiger partial charge in [0, 0.05) is 18.7 Å². The molecule has 0 aliphatic carbocycles. The standard InChI is InChI=1S/C17H17N3O2/c1-13-7-9-14(10-8-13)11-18-12-16-17(21)22-19-20(16)15-5-3-2-4-6-15/h2-10,18H,11-12H2,1H3/p+1. The molecule has 1 aromatic heterocycles. The number of nitrogens with zero attached hydrogens (tertiary/aromatic N) is 1. The average Bonchev–Trinajstić information content (AvgIpc) is 2.91. The fourth-order valence-corrected chi connectivity index (χ4v) is 2.26. The van der Waals surface area contributed by atoms with Crippen LogP contribution in [0.4, 0.5) is 0 Å². The van der Waals surface area contributed by atoms with E-state index in [1.54, 1.807) is 4.68 Å². The molecule has 3 aromatic rings. The molecule has 1 heterocycles. The molecule has 2 aromatic carbocycles. The molecule has 3 rings (SSSR count). The number of benzene rings is 2. The highest BCUT2D eigenvalue weighted by Crippen LogP contribution is 2.03. The van der Waals surface area contributed by atoms with E-state index < -0.39 is 0 Å². The van der Waals surface area contributed by atoms with Gasteiger partial charge in [-0.1, -0.05) is 48.0 Å². The van der Waals surface area contributed by atoms with Crippen molar-refractivity contribution in [2.24, 2.45) is 0 Å². The minimum absolute atomic E-state index is 0.361. The van der Waals surface area contributed by atoms with Gasteiger partial charge in [-0.3, -0.25) is 4.52 Å². The Kier molecular flexibility index (Phi) is 4.16. The number of hydrogen-bond donors (Lipinski definition) is 2. The normalized spacial score (nSPS) is 10.8. The van der Waals surface area contributed by atoms with E-state index in [1.807, 2.05) is 30.3 Å². The summed E-state index contributed by atoms with van der Waals surface area (Å²) in [5.74, 6) is 0. The smallest absolute Gasteiger partial charge is 0.303 e. The summed E-state index contributed by atoms with van der Waals surface area (Å²) in [5, 5.41) is 5.91. The number of nitrogens with one attached hydrogen (secondary N) is 2. The van der Waals surface area contributed by atoms with Crippen LogP contribution >= 0.6 is 0 Å². The zero-order valence-electron chi connectivity index (χ0n) is 12.4. The lowest BCUT2D eigenvalue weighted by Gasteiger charge is -2.02. The van der Waals surface area contributed by atoms with Crippen molar-refractivity contribution in [3.63, 3.8) is 0 Å². The molecule has 0 atom stereocenters. The van der Waals surface area contributed by atoms with Crippen LogP contribution in [0.15, 0.2) is 63.9 Å². The van der Waals surface area contributed by atoms with E-state index in [9.17, 15) is 4.79 Å². The summed E-state index contributed by atoms with van der Waals surface area (Å²) in [5.41, 5.74) is 3.45. The lowest BCUT2D eigenvalue weighted by Crippen LogP contribution is -2.40. The molecule has 5 heteroatoms. The van der Waals surface area contributed by atoms with Crippen LogP contribution < -0.4 is 15.6 Å². The molecule has 0 radical (unpaired) electrons. The molecule has 0 fully saturated rings. The van der Waals surface area contributed by atoms with Crippen molar-refractivity contribution >= 4 is 0 Å². The molecular weight excluding hydrogens is 278 g/mol. The number of aromatic nitrogens is 2. The van der Waals surface area contributed by atoms with Crippen LogP contribution in [-0.4, -0.2) is 5.27 Å². The van der Waals surface area contributed by atoms with Crippen LogP contribution in [0, 0.1) is 6.92 Å². The van der Waals surface area contributed by atoms with Crippen molar-refractivity contribution in [2.45, 2.75) is 20.0 Å². The van der Waals surface area contributed by atoms with Crippen molar-refractivity contribution < 1.29 is 9.20 Å². The Morgan fingerprint density at radius 1 is 1.05 bits per heavy atom. The van der Waals surface area contributed by atoms with Crippen LogP contribution in [0.3, 0.4) is 0 Å². The Labute approximate surface area is 128 Å². The van der Waals surface area contributed by atoms with E-state index in [0.29, 0.717) is 18.8 Å². The second-order valence-electron chi connectivity index (χ2n) is 5.19. The molecule has 0 aliphatic heterocycles. The first-order valence-electron chi connectivity index (χ1n) is 7.18. The van der Waals surface area contributed by atoms with Gasteiger partial charge in [0.15, 0.2) is 0 Å². The van der Waals surface area contributed by atoms with Gasteiger partial charge in [0.2, 0.25) is 5.69 Å². The van der Waals surface area contributed by atoms with Gasteiger partial charge in [0.1, 0.15) is 0 Å². The molecule has 2 N–H and O–H groups in total. The Hall–Kier alpha value is -2.66. The summed E-state index contributed by atoms with van der Waals surface area (Å²) in [4.78, 5) is 11.8. The molecule has 0 aliphatic rings. The van der Waals surface area contributed by atoms with Gasteiger partial charge in [-0.15, -0.1) is 0 Å². The van der Waals surface area contributed by atoms with Gasteiger partial charge >= 0.3 is 11.3 Å². The van der Waals surface area contributed by atoms with E-state index in [1.165, 1.54) is 11.1 Å². The van der Waals surface area contributed by atoms with Gasteiger partial charge < -0.3 is 5.32 Å². The van der Waals surface area contributed by atoms with Crippen LogP contribution in [0.5, 0.6) is 0 Å². The number of rotatable bonds is 5. The van der Waals surface area contributed by atoms with Gasteiger partial charge in [-0.25, -0.2) is 4.79 Å². The minimum atomic E-state index is -0.361. The minimum Gasteiger partial charge on any atom is -0.303 e. The van der Waals surface area contributed by atoms with E-state index in [2.05, 4.69) is 41.8 Å². The highest BCUT2D eigenvalue weighted by Gasteiger charge is 2.22. The first kappa shape index (κ1) is 14.3. The van der Waals surface area contributed by atoms with Crippen molar-refractivity contribution in [3.8, 4) is 5.69 Å². The highest BCUT2D eigenvalue weighted by atomic mass is 16.5. The first-order valence-corrected chi connectivity index (χ1v) is 7.18. The zero-order valence-corrected chi connectivity index (χ0v) is 12.4. The summed E-state index contributed by atoms with van der Waals surface area (Å²) in [6.45, 7) is 3.18. The second kappa shape index (κ2) is 6.41. The van der Waals surface area contributed by atoms with E-state index in [0.717, 1.165) is 5.69 Å².